The van der Waals surface area contributed by atoms with Crippen molar-refractivity contribution in [2.24, 2.45) is 5.73 Å². The van der Waals surface area contributed by atoms with Crippen LogP contribution in [0.5, 0.6) is 5.75 Å². The van der Waals surface area contributed by atoms with Crippen LogP contribution in [0.25, 0.3) is 11.1 Å². The van der Waals surface area contributed by atoms with E-state index in [0.29, 0.717) is 6.54 Å². The predicted octanol–water partition coefficient (Wildman–Crippen LogP) is 3.22. The van der Waals surface area contributed by atoms with Gasteiger partial charge in [-0.05, 0) is 35.2 Å². The highest BCUT2D eigenvalue weighted by atomic mass is 16.5. The molecular weight excluding hydrogens is 222 g/mol. The molecule has 3 rings (SSSR count). The first-order chi connectivity index (χ1) is 8.78. The van der Waals surface area contributed by atoms with Crippen molar-refractivity contribution in [1.82, 2.24) is 0 Å². The van der Waals surface area contributed by atoms with Gasteiger partial charge in [-0.1, -0.05) is 30.3 Å². The van der Waals surface area contributed by atoms with Crippen LogP contribution in [0.15, 0.2) is 36.4 Å². The number of rotatable bonds is 2. The number of nitrogens with two attached hydrogens (primary N) is 1. The maximum atomic E-state index is 5.65. The molecule has 0 atom stereocenters. The number of ether oxygens (including phenoxy) is 1. The van der Waals surface area contributed by atoms with Crippen molar-refractivity contribution in [2.45, 2.75) is 19.9 Å². The minimum Gasteiger partial charge on any atom is -0.485 e. The van der Waals surface area contributed by atoms with Crippen LogP contribution in [0.3, 0.4) is 0 Å². The van der Waals surface area contributed by atoms with E-state index in [9.17, 15) is 0 Å². The Kier molecular flexibility index (Phi) is 2.80. The van der Waals surface area contributed by atoms with Crippen LogP contribution in [0, 0.1) is 13.5 Å². The van der Waals surface area contributed by atoms with Gasteiger partial charge in [-0.25, -0.2) is 0 Å². The van der Waals surface area contributed by atoms with Crippen LogP contribution in [-0.2, 0) is 13.0 Å². The van der Waals surface area contributed by atoms with E-state index in [-0.39, 0.29) is 0 Å². The summed E-state index contributed by atoms with van der Waals surface area (Å²) in [6, 6.07) is 12.7. The summed E-state index contributed by atoms with van der Waals surface area (Å²) in [6.07, 6.45) is 0.894. The molecule has 0 unspecified atom stereocenters. The van der Waals surface area contributed by atoms with Crippen LogP contribution in [-0.4, -0.2) is 0 Å². The Bertz CT molecular complexity index is 572. The second kappa shape index (κ2) is 4.46. The predicted molar refractivity (Wildman–Crippen MR) is 73.1 cm³/mol. The summed E-state index contributed by atoms with van der Waals surface area (Å²) in [7, 11) is 0. The molecule has 0 fully saturated rings. The Morgan fingerprint density at radius 2 is 1.94 bits per heavy atom. The van der Waals surface area contributed by atoms with E-state index in [1.165, 1.54) is 22.3 Å². The quantitative estimate of drug-likeness (QED) is 0.871. The van der Waals surface area contributed by atoms with Crippen LogP contribution >= 0.6 is 0 Å². The lowest BCUT2D eigenvalue weighted by atomic mass is 9.98. The average Bonchev–Trinajstić information content (AvgIpc) is 2.86. The van der Waals surface area contributed by atoms with Gasteiger partial charge in [0.05, 0.1) is 0 Å². The van der Waals surface area contributed by atoms with Crippen LogP contribution < -0.4 is 10.5 Å². The summed E-state index contributed by atoms with van der Waals surface area (Å²) >= 11 is 0. The van der Waals surface area contributed by atoms with Gasteiger partial charge in [-0.3, -0.25) is 0 Å². The van der Waals surface area contributed by atoms with Crippen LogP contribution in [0.1, 0.15) is 16.7 Å². The molecule has 91 valence electrons. The maximum absolute atomic E-state index is 5.65. The van der Waals surface area contributed by atoms with E-state index in [1.807, 2.05) is 6.61 Å². The molecule has 18 heavy (non-hydrogen) atoms. The summed E-state index contributed by atoms with van der Waals surface area (Å²) in [4.78, 5) is 0. The molecule has 2 aromatic carbocycles. The van der Waals surface area contributed by atoms with Crippen molar-refractivity contribution in [1.29, 1.82) is 0 Å². The second-order valence-corrected chi connectivity index (χ2v) is 4.69. The van der Waals surface area contributed by atoms with Crippen molar-refractivity contribution >= 4 is 0 Å². The largest absolute Gasteiger partial charge is 0.485 e. The summed E-state index contributed by atoms with van der Waals surface area (Å²) in [6.45, 7) is 4.56. The Balaban J connectivity index is 2.10. The third kappa shape index (κ3) is 1.89. The highest BCUT2D eigenvalue weighted by molar-refractivity contribution is 5.74. The smallest absolute Gasteiger partial charge is 0.140 e. The van der Waals surface area contributed by atoms with Crippen molar-refractivity contribution < 1.29 is 4.74 Å². The molecule has 0 aromatic heterocycles. The van der Waals surface area contributed by atoms with Crippen molar-refractivity contribution in [3.05, 3.63) is 59.7 Å². The Morgan fingerprint density at radius 1 is 1.17 bits per heavy atom. The van der Waals surface area contributed by atoms with Gasteiger partial charge < -0.3 is 10.5 Å². The number of fused-ring (bicyclic) bond motifs is 1. The summed E-state index contributed by atoms with van der Waals surface area (Å²) in [5, 5.41) is 0. The standard InChI is InChI=1S/C16H16NO/c1-11-8-14-6-7-18-16(14)15(9-11)13-4-2-12(10-17)3-5-13/h2-5,7-9H,6,10,17H2,1H3. The topological polar surface area (TPSA) is 35.2 Å². The van der Waals surface area contributed by atoms with Gasteiger partial charge in [0.1, 0.15) is 12.4 Å². The van der Waals surface area contributed by atoms with E-state index in [1.54, 1.807) is 0 Å². The molecule has 1 aliphatic heterocycles. The monoisotopic (exact) mass is 238 g/mol. The van der Waals surface area contributed by atoms with Gasteiger partial charge in [0.2, 0.25) is 0 Å². The van der Waals surface area contributed by atoms with E-state index >= 15 is 0 Å². The van der Waals surface area contributed by atoms with E-state index in [4.69, 9.17) is 10.5 Å². The zero-order chi connectivity index (χ0) is 12.5. The molecule has 2 aromatic rings. The molecular formula is C16H16NO. The van der Waals surface area contributed by atoms with E-state index < -0.39 is 0 Å². The third-order valence-corrected chi connectivity index (χ3v) is 3.32. The molecule has 1 heterocycles. The molecule has 0 bridgehead atoms. The fourth-order valence-corrected chi connectivity index (χ4v) is 2.39. The minimum absolute atomic E-state index is 0.580. The number of aryl methyl sites for hydroxylation is 1. The zero-order valence-electron chi connectivity index (χ0n) is 10.4. The lowest BCUT2D eigenvalue weighted by Gasteiger charge is -2.10. The summed E-state index contributed by atoms with van der Waals surface area (Å²) in [5.41, 5.74) is 11.7. The fraction of sp³-hybridized carbons (Fsp3) is 0.188. The Labute approximate surface area is 107 Å². The molecule has 2 nitrogen and oxygen atoms in total. The molecule has 0 amide bonds. The van der Waals surface area contributed by atoms with Crippen molar-refractivity contribution in [3.8, 4) is 16.9 Å². The van der Waals surface area contributed by atoms with Crippen LogP contribution in [0.4, 0.5) is 0 Å². The van der Waals surface area contributed by atoms with Crippen molar-refractivity contribution in [2.75, 3.05) is 0 Å². The van der Waals surface area contributed by atoms with E-state index in [0.717, 1.165) is 17.7 Å². The van der Waals surface area contributed by atoms with Gasteiger partial charge in [-0.15, -0.1) is 0 Å². The number of hydrogen-bond acceptors (Lipinski definition) is 2. The number of hydrogen-bond donors (Lipinski definition) is 1. The molecule has 0 aliphatic carbocycles. The molecule has 2 N–H and O–H groups in total. The van der Waals surface area contributed by atoms with Gasteiger partial charge in [0, 0.05) is 18.5 Å². The summed E-state index contributed by atoms with van der Waals surface area (Å²) in [5.74, 6) is 1.00. The molecule has 0 spiro atoms. The zero-order valence-corrected chi connectivity index (χ0v) is 10.4. The molecule has 0 saturated heterocycles. The Hall–Kier alpha value is -1.80. The average molecular weight is 238 g/mol. The first-order valence-corrected chi connectivity index (χ1v) is 6.19. The van der Waals surface area contributed by atoms with Gasteiger partial charge >= 0.3 is 0 Å². The molecule has 2 heteroatoms. The minimum atomic E-state index is 0.580. The highest BCUT2D eigenvalue weighted by Gasteiger charge is 2.18. The van der Waals surface area contributed by atoms with Gasteiger partial charge in [0.15, 0.2) is 0 Å². The SMILES string of the molecule is Cc1cc2c(c(-c3ccc(CN)cc3)c1)O[CH]C2. The lowest BCUT2D eigenvalue weighted by molar-refractivity contribution is 0.436. The van der Waals surface area contributed by atoms with E-state index in [2.05, 4.69) is 43.3 Å². The molecule has 0 saturated carbocycles. The van der Waals surface area contributed by atoms with Crippen LogP contribution in [0.2, 0.25) is 0 Å². The summed E-state index contributed by atoms with van der Waals surface area (Å²) < 4.78 is 5.65. The van der Waals surface area contributed by atoms with Crippen molar-refractivity contribution in [3.63, 3.8) is 0 Å². The third-order valence-electron chi connectivity index (χ3n) is 3.32. The first kappa shape index (κ1) is 11.3. The van der Waals surface area contributed by atoms with Gasteiger partial charge in [-0.2, -0.15) is 0 Å². The first-order valence-electron chi connectivity index (χ1n) is 6.19. The fourth-order valence-electron chi connectivity index (χ4n) is 2.39. The highest BCUT2D eigenvalue weighted by Crippen LogP contribution is 2.38. The number of benzene rings is 2. The Morgan fingerprint density at radius 3 is 2.67 bits per heavy atom. The lowest BCUT2D eigenvalue weighted by Crippen LogP contribution is -1.95. The van der Waals surface area contributed by atoms with Gasteiger partial charge in [0.25, 0.3) is 0 Å². The maximum Gasteiger partial charge on any atom is 0.140 e. The molecule has 1 aliphatic rings. The second-order valence-electron chi connectivity index (χ2n) is 4.69. The molecule has 1 radical (unpaired) electrons. The normalized spacial score (nSPS) is 13.2.